The van der Waals surface area contributed by atoms with Gasteiger partial charge in [0.2, 0.25) is 5.89 Å². The Morgan fingerprint density at radius 2 is 2.19 bits per heavy atom. The van der Waals surface area contributed by atoms with Gasteiger partial charge in [0.15, 0.2) is 5.82 Å². The summed E-state index contributed by atoms with van der Waals surface area (Å²) in [5.74, 6) is 0.878. The molecule has 0 amide bonds. The lowest BCUT2D eigenvalue weighted by molar-refractivity contribution is -0.384. The lowest BCUT2D eigenvalue weighted by atomic mass is 10.1. The SMILES string of the molecule is Cc1nc(CNc2c([N+](=O)[O-])cnc3ccccc23)no1. The second-order valence-corrected chi connectivity index (χ2v) is 4.38. The molecule has 3 aromatic rings. The van der Waals surface area contributed by atoms with Crippen molar-refractivity contribution in [2.75, 3.05) is 5.32 Å². The van der Waals surface area contributed by atoms with E-state index in [1.807, 2.05) is 6.07 Å². The van der Waals surface area contributed by atoms with Gasteiger partial charge in [-0.25, -0.2) is 4.98 Å². The third-order valence-electron chi connectivity index (χ3n) is 2.95. The van der Waals surface area contributed by atoms with Crippen LogP contribution in [0.2, 0.25) is 0 Å². The topological polar surface area (TPSA) is 107 Å². The van der Waals surface area contributed by atoms with E-state index in [2.05, 4.69) is 20.4 Å². The van der Waals surface area contributed by atoms with E-state index in [0.29, 0.717) is 28.3 Å². The molecule has 0 fully saturated rings. The Bertz CT molecular complexity index is 814. The third-order valence-corrected chi connectivity index (χ3v) is 2.95. The number of benzene rings is 1. The average Bonchev–Trinajstić information content (AvgIpc) is 2.90. The Morgan fingerprint density at radius 1 is 1.38 bits per heavy atom. The number of hydrogen-bond donors (Lipinski definition) is 1. The normalized spacial score (nSPS) is 10.7. The van der Waals surface area contributed by atoms with Crippen molar-refractivity contribution in [1.29, 1.82) is 0 Å². The van der Waals surface area contributed by atoms with Crippen LogP contribution in [0.25, 0.3) is 10.9 Å². The van der Waals surface area contributed by atoms with Gasteiger partial charge in [-0.1, -0.05) is 23.4 Å². The third kappa shape index (κ3) is 2.50. The molecule has 2 heterocycles. The molecule has 0 aliphatic heterocycles. The maximum atomic E-state index is 11.2. The van der Waals surface area contributed by atoms with Crippen molar-refractivity contribution in [3.8, 4) is 0 Å². The van der Waals surface area contributed by atoms with Crippen LogP contribution in [0.15, 0.2) is 35.0 Å². The first-order valence-corrected chi connectivity index (χ1v) is 6.20. The van der Waals surface area contributed by atoms with E-state index in [-0.39, 0.29) is 12.2 Å². The fourth-order valence-electron chi connectivity index (χ4n) is 2.04. The molecule has 0 bridgehead atoms. The molecule has 106 valence electrons. The lowest BCUT2D eigenvalue weighted by Crippen LogP contribution is -2.05. The molecule has 0 saturated carbocycles. The standard InChI is InChI=1S/C13H11N5O3/c1-8-16-12(17-21-8)7-15-13-9-4-2-3-5-10(9)14-6-11(13)18(19)20/h2-6H,7H2,1H3,(H,14,15). The second kappa shape index (κ2) is 5.16. The average molecular weight is 285 g/mol. The Hall–Kier alpha value is -3.03. The van der Waals surface area contributed by atoms with E-state index >= 15 is 0 Å². The van der Waals surface area contributed by atoms with Crippen LogP contribution < -0.4 is 5.32 Å². The van der Waals surface area contributed by atoms with Gasteiger partial charge in [-0.05, 0) is 6.07 Å². The van der Waals surface area contributed by atoms with Crippen molar-refractivity contribution in [3.63, 3.8) is 0 Å². The van der Waals surface area contributed by atoms with Gasteiger partial charge in [0.1, 0.15) is 11.9 Å². The molecule has 2 aromatic heterocycles. The van der Waals surface area contributed by atoms with E-state index in [1.54, 1.807) is 25.1 Å². The zero-order chi connectivity index (χ0) is 14.8. The number of para-hydroxylation sites is 1. The summed E-state index contributed by atoms with van der Waals surface area (Å²) in [5.41, 5.74) is 0.983. The van der Waals surface area contributed by atoms with Gasteiger partial charge in [0.25, 0.3) is 0 Å². The number of aryl methyl sites for hydroxylation is 1. The molecule has 0 aliphatic carbocycles. The molecule has 0 radical (unpaired) electrons. The Balaban J connectivity index is 2.01. The first kappa shape index (κ1) is 13.0. The minimum atomic E-state index is -0.469. The molecular weight excluding hydrogens is 274 g/mol. The molecule has 1 N–H and O–H groups in total. The van der Waals surface area contributed by atoms with Gasteiger partial charge in [-0.15, -0.1) is 0 Å². The van der Waals surface area contributed by atoms with E-state index < -0.39 is 4.92 Å². The summed E-state index contributed by atoms with van der Waals surface area (Å²) in [6.07, 6.45) is 1.24. The van der Waals surface area contributed by atoms with Crippen molar-refractivity contribution < 1.29 is 9.45 Å². The van der Waals surface area contributed by atoms with Crippen molar-refractivity contribution in [2.45, 2.75) is 13.5 Å². The highest BCUT2D eigenvalue weighted by Gasteiger charge is 2.18. The van der Waals surface area contributed by atoms with Gasteiger partial charge < -0.3 is 9.84 Å². The molecule has 8 nitrogen and oxygen atoms in total. The van der Waals surface area contributed by atoms with Gasteiger partial charge >= 0.3 is 5.69 Å². The summed E-state index contributed by atoms with van der Waals surface area (Å²) < 4.78 is 4.87. The van der Waals surface area contributed by atoms with Gasteiger partial charge in [-0.3, -0.25) is 10.1 Å². The van der Waals surface area contributed by atoms with Crippen molar-refractivity contribution in [3.05, 3.63) is 52.3 Å². The molecule has 0 unspecified atom stereocenters. The van der Waals surface area contributed by atoms with Crippen molar-refractivity contribution in [2.24, 2.45) is 0 Å². The molecule has 0 spiro atoms. The number of anilines is 1. The Kier molecular flexibility index (Phi) is 3.19. The van der Waals surface area contributed by atoms with Crippen LogP contribution in [0.1, 0.15) is 11.7 Å². The van der Waals surface area contributed by atoms with Crippen LogP contribution >= 0.6 is 0 Å². The van der Waals surface area contributed by atoms with Crippen LogP contribution in [0.4, 0.5) is 11.4 Å². The zero-order valence-electron chi connectivity index (χ0n) is 11.1. The number of nitro groups is 1. The van der Waals surface area contributed by atoms with Crippen LogP contribution in [0, 0.1) is 17.0 Å². The van der Waals surface area contributed by atoms with Crippen molar-refractivity contribution >= 4 is 22.3 Å². The summed E-state index contributed by atoms with van der Waals surface area (Å²) in [5, 5.41) is 18.6. The number of nitrogens with zero attached hydrogens (tertiary/aromatic N) is 4. The first-order valence-electron chi connectivity index (χ1n) is 6.20. The van der Waals surface area contributed by atoms with E-state index in [4.69, 9.17) is 4.52 Å². The summed E-state index contributed by atoms with van der Waals surface area (Å²) >= 11 is 0. The van der Waals surface area contributed by atoms with Gasteiger partial charge in [0.05, 0.1) is 17.0 Å². The highest BCUT2D eigenvalue weighted by molar-refractivity contribution is 5.95. The second-order valence-electron chi connectivity index (χ2n) is 4.38. The minimum Gasteiger partial charge on any atom is -0.371 e. The highest BCUT2D eigenvalue weighted by Crippen LogP contribution is 2.31. The lowest BCUT2D eigenvalue weighted by Gasteiger charge is -2.08. The van der Waals surface area contributed by atoms with Crippen LogP contribution in [-0.4, -0.2) is 20.0 Å². The molecule has 8 heteroatoms. The number of fused-ring (bicyclic) bond motifs is 1. The monoisotopic (exact) mass is 285 g/mol. The summed E-state index contributed by atoms with van der Waals surface area (Å²) in [7, 11) is 0. The molecule has 3 rings (SSSR count). The summed E-state index contributed by atoms with van der Waals surface area (Å²) in [6, 6.07) is 7.20. The fraction of sp³-hybridized carbons (Fsp3) is 0.154. The molecule has 0 atom stereocenters. The van der Waals surface area contributed by atoms with Gasteiger partial charge in [0, 0.05) is 12.3 Å². The van der Waals surface area contributed by atoms with E-state index in [0.717, 1.165) is 0 Å². The fourth-order valence-corrected chi connectivity index (χ4v) is 2.04. The Morgan fingerprint density at radius 3 is 2.90 bits per heavy atom. The summed E-state index contributed by atoms with van der Waals surface area (Å²) in [4.78, 5) is 18.8. The minimum absolute atomic E-state index is 0.0890. The number of hydrogen-bond acceptors (Lipinski definition) is 7. The first-order chi connectivity index (χ1) is 10.1. The van der Waals surface area contributed by atoms with Crippen LogP contribution in [0.3, 0.4) is 0 Å². The van der Waals surface area contributed by atoms with Crippen LogP contribution in [0.5, 0.6) is 0 Å². The Labute approximate surface area is 119 Å². The van der Waals surface area contributed by atoms with Crippen molar-refractivity contribution in [1.82, 2.24) is 15.1 Å². The maximum Gasteiger partial charge on any atom is 0.311 e. The zero-order valence-corrected chi connectivity index (χ0v) is 11.1. The molecule has 0 aliphatic rings. The molecule has 1 aromatic carbocycles. The smallest absolute Gasteiger partial charge is 0.311 e. The van der Waals surface area contributed by atoms with Gasteiger partial charge in [-0.2, -0.15) is 4.98 Å². The number of pyridine rings is 1. The number of nitrogens with one attached hydrogen (secondary N) is 1. The van der Waals surface area contributed by atoms with E-state index in [9.17, 15) is 10.1 Å². The predicted octanol–water partition coefficient (Wildman–Crippen LogP) is 2.45. The maximum absolute atomic E-state index is 11.2. The molecule has 21 heavy (non-hydrogen) atoms. The summed E-state index contributed by atoms with van der Waals surface area (Å²) in [6.45, 7) is 1.91. The predicted molar refractivity (Wildman–Crippen MR) is 74.8 cm³/mol. The van der Waals surface area contributed by atoms with Crippen LogP contribution in [-0.2, 0) is 6.54 Å². The quantitative estimate of drug-likeness (QED) is 0.579. The highest BCUT2D eigenvalue weighted by atomic mass is 16.6. The molecular formula is C13H11N5O3. The largest absolute Gasteiger partial charge is 0.371 e. The van der Waals surface area contributed by atoms with E-state index in [1.165, 1.54) is 6.20 Å². The number of rotatable bonds is 4. The number of aromatic nitrogens is 3. The molecule has 0 saturated heterocycles.